The minimum Gasteiger partial charge on any atom is -0.756 e. The van der Waals surface area contributed by atoms with Crippen molar-refractivity contribution in [1.29, 1.82) is 0 Å². The molecule has 2 atom stereocenters. The SMILES string of the molecule is CC/C=C\C/C=C\C/C=C\CCCCCCCCCCOCC(COP(=O)([O-])OCC[N+](C)(C)C)OC(=O)CCCCCCCCCCCCC/C=C\C/C=C\CCCCCCC. The van der Waals surface area contributed by atoms with E-state index in [-0.39, 0.29) is 25.8 Å². The molecule has 0 rings (SSSR count). The number of carbonyl (C=O) groups excluding carboxylic acids is 1. The third-order valence-electron chi connectivity index (χ3n) is 11.1. The average molecular weight is 906 g/mol. The van der Waals surface area contributed by atoms with Gasteiger partial charge in [0.15, 0.2) is 0 Å². The van der Waals surface area contributed by atoms with Crippen molar-refractivity contribution in [2.24, 2.45) is 0 Å². The maximum atomic E-state index is 12.8. The van der Waals surface area contributed by atoms with Crippen LogP contribution in [0.1, 0.15) is 219 Å². The molecule has 0 aliphatic carbocycles. The summed E-state index contributed by atoms with van der Waals surface area (Å²) in [5.74, 6) is -0.339. The van der Waals surface area contributed by atoms with Gasteiger partial charge >= 0.3 is 5.97 Å². The minimum atomic E-state index is -4.54. The summed E-state index contributed by atoms with van der Waals surface area (Å²) >= 11 is 0. The maximum Gasteiger partial charge on any atom is 0.306 e. The van der Waals surface area contributed by atoms with E-state index in [4.69, 9.17) is 18.5 Å². The zero-order chi connectivity index (χ0) is 46.2. The summed E-state index contributed by atoms with van der Waals surface area (Å²) in [5.41, 5.74) is 0. The number of unbranched alkanes of at least 4 members (excludes halogenated alkanes) is 24. The monoisotopic (exact) mass is 906 g/mol. The number of quaternary nitrogens is 1. The molecular formula is C54H100NO7P. The van der Waals surface area contributed by atoms with E-state index in [9.17, 15) is 14.3 Å². The van der Waals surface area contributed by atoms with Crippen molar-refractivity contribution in [1.82, 2.24) is 0 Å². The van der Waals surface area contributed by atoms with Gasteiger partial charge in [-0.05, 0) is 77.0 Å². The number of allylic oxidation sites excluding steroid dienone is 10. The van der Waals surface area contributed by atoms with Crippen LogP contribution in [-0.4, -0.2) is 70.7 Å². The number of phosphoric acid groups is 1. The quantitative estimate of drug-likeness (QED) is 0.0197. The summed E-state index contributed by atoms with van der Waals surface area (Å²) in [5, 5.41) is 0. The second-order valence-corrected chi connectivity index (χ2v) is 19.9. The molecule has 9 heteroatoms. The first-order chi connectivity index (χ1) is 30.6. The van der Waals surface area contributed by atoms with Gasteiger partial charge in [-0.2, -0.15) is 0 Å². The first-order valence-corrected chi connectivity index (χ1v) is 27.5. The lowest BCUT2D eigenvalue weighted by molar-refractivity contribution is -0.870. The lowest BCUT2D eigenvalue weighted by atomic mass is 10.0. The summed E-state index contributed by atoms with van der Waals surface area (Å²) in [7, 11) is 1.35. The number of ether oxygens (including phenoxy) is 2. The molecule has 0 spiro atoms. The van der Waals surface area contributed by atoms with E-state index in [1.54, 1.807) is 0 Å². The number of nitrogens with zero attached hydrogens (tertiary/aromatic N) is 1. The third kappa shape index (κ3) is 51.1. The topological polar surface area (TPSA) is 94.1 Å². The zero-order valence-electron chi connectivity index (χ0n) is 41.8. The van der Waals surface area contributed by atoms with Gasteiger partial charge in [0.25, 0.3) is 7.82 Å². The predicted molar refractivity (Wildman–Crippen MR) is 268 cm³/mol. The smallest absolute Gasteiger partial charge is 0.306 e. The predicted octanol–water partition coefficient (Wildman–Crippen LogP) is 15.4. The van der Waals surface area contributed by atoms with Crippen LogP contribution in [0.4, 0.5) is 0 Å². The molecule has 0 fully saturated rings. The van der Waals surface area contributed by atoms with Crippen LogP contribution in [0.15, 0.2) is 60.8 Å². The van der Waals surface area contributed by atoms with Crippen molar-refractivity contribution < 1.29 is 37.3 Å². The molecule has 0 aromatic rings. The van der Waals surface area contributed by atoms with Crippen molar-refractivity contribution >= 4 is 13.8 Å². The first kappa shape index (κ1) is 61.2. The van der Waals surface area contributed by atoms with Gasteiger partial charge < -0.3 is 27.9 Å². The lowest BCUT2D eigenvalue weighted by Gasteiger charge is -2.28. The fraction of sp³-hybridized carbons (Fsp3) is 0.796. The van der Waals surface area contributed by atoms with E-state index in [0.29, 0.717) is 24.1 Å². The molecule has 0 aromatic heterocycles. The zero-order valence-corrected chi connectivity index (χ0v) is 42.7. The largest absolute Gasteiger partial charge is 0.756 e. The first-order valence-electron chi connectivity index (χ1n) is 26.0. The summed E-state index contributed by atoms with van der Waals surface area (Å²) < 4.78 is 34.8. The summed E-state index contributed by atoms with van der Waals surface area (Å²) in [6.07, 6.45) is 59.6. The highest BCUT2D eigenvalue weighted by Gasteiger charge is 2.20. The van der Waals surface area contributed by atoms with Crippen LogP contribution in [0, 0.1) is 0 Å². The van der Waals surface area contributed by atoms with Crippen molar-refractivity contribution in [3.8, 4) is 0 Å². The van der Waals surface area contributed by atoms with E-state index in [1.165, 1.54) is 135 Å². The van der Waals surface area contributed by atoms with Gasteiger partial charge in [-0.1, -0.05) is 197 Å². The summed E-state index contributed by atoms with van der Waals surface area (Å²) in [6, 6.07) is 0. The number of carbonyl (C=O) groups is 1. The Balaban J connectivity index is 4.14. The highest BCUT2D eigenvalue weighted by Crippen LogP contribution is 2.38. The van der Waals surface area contributed by atoms with E-state index in [0.717, 1.165) is 64.2 Å². The van der Waals surface area contributed by atoms with Crippen molar-refractivity contribution in [3.05, 3.63) is 60.8 Å². The third-order valence-corrected chi connectivity index (χ3v) is 12.0. The van der Waals surface area contributed by atoms with Crippen LogP contribution >= 0.6 is 7.82 Å². The highest BCUT2D eigenvalue weighted by atomic mass is 31.2. The number of hydrogen-bond acceptors (Lipinski definition) is 7. The number of phosphoric ester groups is 1. The molecule has 0 heterocycles. The van der Waals surface area contributed by atoms with E-state index in [1.807, 2.05) is 21.1 Å². The van der Waals surface area contributed by atoms with Crippen LogP contribution < -0.4 is 4.89 Å². The van der Waals surface area contributed by atoms with Gasteiger partial charge in [-0.15, -0.1) is 0 Å². The molecule has 0 aliphatic rings. The van der Waals surface area contributed by atoms with Gasteiger partial charge in [0.1, 0.15) is 19.3 Å². The maximum absolute atomic E-state index is 12.8. The number of likely N-dealkylation sites (N-methyl/N-ethyl adjacent to an activating group) is 1. The van der Waals surface area contributed by atoms with Gasteiger partial charge in [-0.3, -0.25) is 9.36 Å². The fourth-order valence-corrected chi connectivity index (χ4v) is 7.79. The Labute approximate surface area is 390 Å². The Hall–Kier alpha value is -1.80. The summed E-state index contributed by atoms with van der Waals surface area (Å²) in [4.78, 5) is 25.2. The second kappa shape index (κ2) is 46.7. The number of hydrogen-bond donors (Lipinski definition) is 0. The van der Waals surface area contributed by atoms with Gasteiger partial charge in [0, 0.05) is 13.0 Å². The molecule has 0 amide bonds. The molecule has 0 radical (unpaired) electrons. The molecule has 63 heavy (non-hydrogen) atoms. The van der Waals surface area contributed by atoms with Crippen LogP contribution in [0.3, 0.4) is 0 Å². The molecule has 0 saturated heterocycles. The standard InChI is InChI=1S/C54H100NO7P/c1-6-8-10-12-14-16-18-20-22-24-26-27-28-29-30-31-33-35-37-39-41-43-45-47-54(56)62-53(52-61-63(57,58)60-50-48-55(3,4)5)51-59-49-46-44-42-40-38-36-34-32-25-23-21-19-17-15-13-11-9-7-2/h9,11,15,17-18,20-21,23-24,26,53H,6-8,10,12-14,16,19,22,25,27-52H2,1-5H3/b11-9-,17-15-,20-18-,23-21-,26-24-. The highest BCUT2D eigenvalue weighted by molar-refractivity contribution is 7.45. The van der Waals surface area contributed by atoms with Crippen LogP contribution in [0.25, 0.3) is 0 Å². The Morgan fingerprint density at radius 1 is 0.508 bits per heavy atom. The average Bonchev–Trinajstić information content (AvgIpc) is 3.24. The fourth-order valence-electron chi connectivity index (χ4n) is 7.06. The minimum absolute atomic E-state index is 0.0222. The molecule has 8 nitrogen and oxygen atoms in total. The van der Waals surface area contributed by atoms with Gasteiger partial charge in [-0.25, -0.2) is 0 Å². The molecular weight excluding hydrogens is 806 g/mol. The molecule has 0 aromatic carbocycles. The second-order valence-electron chi connectivity index (χ2n) is 18.5. The van der Waals surface area contributed by atoms with Crippen molar-refractivity contribution in [2.45, 2.75) is 225 Å². The van der Waals surface area contributed by atoms with Gasteiger partial charge in [0.2, 0.25) is 0 Å². The van der Waals surface area contributed by atoms with E-state index < -0.39 is 13.9 Å². The Kier molecular flexibility index (Phi) is 45.4. The number of rotatable bonds is 48. The molecule has 0 N–H and O–H groups in total. The molecule has 0 aliphatic heterocycles. The van der Waals surface area contributed by atoms with Crippen LogP contribution in [0.2, 0.25) is 0 Å². The van der Waals surface area contributed by atoms with E-state index in [2.05, 4.69) is 74.6 Å². The van der Waals surface area contributed by atoms with Crippen LogP contribution in [-0.2, 0) is 27.9 Å². The Morgan fingerprint density at radius 3 is 1.38 bits per heavy atom. The van der Waals surface area contributed by atoms with Gasteiger partial charge in [0.05, 0.1) is 34.4 Å². The molecule has 0 bridgehead atoms. The summed E-state index contributed by atoms with van der Waals surface area (Å²) in [6.45, 7) is 5.29. The number of esters is 1. The van der Waals surface area contributed by atoms with E-state index >= 15 is 0 Å². The van der Waals surface area contributed by atoms with Crippen molar-refractivity contribution in [2.75, 3.05) is 54.1 Å². The lowest BCUT2D eigenvalue weighted by Crippen LogP contribution is -2.37. The Morgan fingerprint density at radius 2 is 0.921 bits per heavy atom. The van der Waals surface area contributed by atoms with Crippen LogP contribution in [0.5, 0.6) is 0 Å². The molecule has 2 unspecified atom stereocenters. The van der Waals surface area contributed by atoms with Crippen molar-refractivity contribution in [3.63, 3.8) is 0 Å². The Bertz CT molecular complexity index is 1190. The normalized spacial score (nSPS) is 14.1. The molecule has 0 saturated carbocycles. The molecule has 368 valence electrons.